The summed E-state index contributed by atoms with van der Waals surface area (Å²) in [5, 5.41) is 6.08. The Morgan fingerprint density at radius 3 is 2.59 bits per heavy atom. The number of hydrogen-bond donors (Lipinski definition) is 1. The van der Waals surface area contributed by atoms with E-state index in [1.807, 2.05) is 0 Å². The topological polar surface area (TPSA) is 102 Å². The quantitative estimate of drug-likeness (QED) is 0.888. The second-order valence-corrected chi connectivity index (χ2v) is 9.09. The molecule has 7 nitrogen and oxygen atoms in total. The van der Waals surface area contributed by atoms with Crippen molar-refractivity contribution in [3.05, 3.63) is 5.82 Å². The van der Waals surface area contributed by atoms with Crippen LogP contribution in [0.2, 0.25) is 0 Å². The molecule has 8 heteroatoms. The fourth-order valence-corrected chi connectivity index (χ4v) is 3.28. The third-order valence-electron chi connectivity index (χ3n) is 4.04. The van der Waals surface area contributed by atoms with E-state index in [2.05, 4.69) is 29.3 Å². The lowest BCUT2D eigenvalue weighted by molar-refractivity contribution is -0.117. The number of hydrogen-bond acceptors (Lipinski definition) is 6. The highest BCUT2D eigenvalue weighted by atomic mass is 32.2. The van der Waals surface area contributed by atoms with Gasteiger partial charge in [0.2, 0.25) is 5.91 Å². The van der Waals surface area contributed by atoms with Crippen molar-refractivity contribution in [1.29, 1.82) is 0 Å². The van der Waals surface area contributed by atoms with Gasteiger partial charge in [0.05, 0.1) is 0 Å². The summed E-state index contributed by atoms with van der Waals surface area (Å²) in [6, 6.07) is -0.0419. The molecular formula is C14H23N3O4S. The molecule has 1 aliphatic carbocycles. The third kappa shape index (κ3) is 5.40. The first-order chi connectivity index (χ1) is 10.1. The van der Waals surface area contributed by atoms with E-state index in [4.69, 9.17) is 4.52 Å². The largest absolute Gasteiger partial charge is 0.328 e. The van der Waals surface area contributed by atoms with Crippen molar-refractivity contribution in [2.24, 2.45) is 11.3 Å². The highest BCUT2D eigenvalue weighted by Gasteiger charge is 2.28. The number of carbonyl (C=O) groups excluding carboxylic acids is 1. The molecule has 0 aliphatic heterocycles. The van der Waals surface area contributed by atoms with E-state index in [0.717, 1.165) is 31.9 Å². The Morgan fingerprint density at radius 2 is 2.00 bits per heavy atom. The van der Waals surface area contributed by atoms with Crippen molar-refractivity contribution in [1.82, 2.24) is 10.1 Å². The van der Waals surface area contributed by atoms with E-state index in [0.29, 0.717) is 17.8 Å². The van der Waals surface area contributed by atoms with Gasteiger partial charge in [-0.25, -0.2) is 8.42 Å². The second-order valence-electron chi connectivity index (χ2n) is 6.95. The second kappa shape index (κ2) is 6.36. The van der Waals surface area contributed by atoms with Crippen LogP contribution in [0, 0.1) is 11.3 Å². The van der Waals surface area contributed by atoms with Crippen LogP contribution in [-0.2, 0) is 20.4 Å². The Balaban J connectivity index is 1.83. The summed E-state index contributed by atoms with van der Waals surface area (Å²) in [4.78, 5) is 15.8. The van der Waals surface area contributed by atoms with Crippen LogP contribution in [0.1, 0.15) is 51.8 Å². The highest BCUT2D eigenvalue weighted by Crippen LogP contribution is 2.39. The van der Waals surface area contributed by atoms with Crippen molar-refractivity contribution in [2.45, 2.75) is 51.7 Å². The first kappa shape index (κ1) is 16.9. The summed E-state index contributed by atoms with van der Waals surface area (Å²) < 4.78 is 27.1. The molecule has 1 aliphatic rings. The lowest BCUT2D eigenvalue weighted by Gasteiger charge is -2.33. The molecule has 0 aromatic carbocycles. The average Bonchev–Trinajstić information content (AvgIpc) is 2.76. The van der Waals surface area contributed by atoms with Crippen LogP contribution in [0.3, 0.4) is 0 Å². The van der Waals surface area contributed by atoms with Gasteiger partial charge in [0.1, 0.15) is 5.75 Å². The molecule has 1 amide bonds. The van der Waals surface area contributed by atoms with Crippen molar-refractivity contribution in [2.75, 3.05) is 11.6 Å². The molecule has 1 aromatic rings. The summed E-state index contributed by atoms with van der Waals surface area (Å²) >= 11 is 0. The first-order valence-electron chi connectivity index (χ1n) is 7.43. The summed E-state index contributed by atoms with van der Waals surface area (Å²) in [6.07, 6.45) is 5.87. The maximum atomic E-state index is 12.0. The van der Waals surface area contributed by atoms with Gasteiger partial charge in [-0.05, 0) is 37.0 Å². The molecule has 0 bridgehead atoms. The van der Waals surface area contributed by atoms with Gasteiger partial charge in [0.25, 0.3) is 0 Å². The standard InChI is InChI=1S/C14H23N3O4S/c1-14(2)6-4-10(5-7-14)8-12(18)16-13-15-11(17-21-13)9-22(3,19)20/h10H,4-9H2,1-3H3,(H,15,16,17,18). The summed E-state index contributed by atoms with van der Waals surface area (Å²) in [7, 11) is -3.22. The molecule has 1 saturated carbocycles. The highest BCUT2D eigenvalue weighted by molar-refractivity contribution is 7.89. The molecule has 0 radical (unpaired) electrons. The number of rotatable bonds is 5. The van der Waals surface area contributed by atoms with Crippen LogP contribution in [0.25, 0.3) is 0 Å². The summed E-state index contributed by atoms with van der Waals surface area (Å²) in [5.74, 6) is -0.0349. The zero-order valence-electron chi connectivity index (χ0n) is 13.3. The molecule has 124 valence electrons. The molecule has 1 N–H and O–H groups in total. The molecule has 0 spiro atoms. The number of carbonyl (C=O) groups is 1. The zero-order valence-corrected chi connectivity index (χ0v) is 14.1. The van der Waals surface area contributed by atoms with E-state index in [9.17, 15) is 13.2 Å². The van der Waals surface area contributed by atoms with Gasteiger partial charge in [0.15, 0.2) is 15.7 Å². The lowest BCUT2D eigenvalue weighted by Crippen LogP contribution is -2.24. The van der Waals surface area contributed by atoms with Crippen LogP contribution in [-0.4, -0.2) is 30.7 Å². The Bertz CT molecular complexity index is 626. The monoisotopic (exact) mass is 329 g/mol. The Labute approximate surface area is 130 Å². The predicted octanol–water partition coefficient (Wildman–Crippen LogP) is 2.16. The molecule has 2 rings (SSSR count). The van der Waals surface area contributed by atoms with E-state index in [-0.39, 0.29) is 23.5 Å². The van der Waals surface area contributed by atoms with Gasteiger partial charge in [0, 0.05) is 12.7 Å². The van der Waals surface area contributed by atoms with Gasteiger partial charge >= 0.3 is 6.01 Å². The number of anilines is 1. The zero-order chi connectivity index (χ0) is 16.4. The molecule has 0 unspecified atom stereocenters. The van der Waals surface area contributed by atoms with Crippen LogP contribution in [0.4, 0.5) is 6.01 Å². The van der Waals surface area contributed by atoms with Crippen LogP contribution in [0.15, 0.2) is 4.52 Å². The SMILES string of the molecule is CC1(C)CCC(CC(=O)Nc2nc(CS(C)(=O)=O)no2)CC1. The smallest absolute Gasteiger partial charge is 0.315 e. The predicted molar refractivity (Wildman–Crippen MR) is 81.8 cm³/mol. The first-order valence-corrected chi connectivity index (χ1v) is 9.49. The van der Waals surface area contributed by atoms with Gasteiger partial charge in [-0.1, -0.05) is 19.0 Å². The van der Waals surface area contributed by atoms with Crippen LogP contribution >= 0.6 is 0 Å². The minimum Gasteiger partial charge on any atom is -0.315 e. The molecule has 0 saturated heterocycles. The maximum Gasteiger partial charge on any atom is 0.328 e. The number of aromatic nitrogens is 2. The lowest BCUT2D eigenvalue weighted by atomic mass is 9.72. The van der Waals surface area contributed by atoms with E-state index in [1.54, 1.807) is 0 Å². The van der Waals surface area contributed by atoms with Gasteiger partial charge < -0.3 is 4.52 Å². The number of amides is 1. The number of nitrogens with zero attached hydrogens (tertiary/aromatic N) is 2. The molecule has 1 fully saturated rings. The van der Waals surface area contributed by atoms with Gasteiger partial charge in [-0.3, -0.25) is 10.1 Å². The minimum absolute atomic E-state index is 0.0419. The average molecular weight is 329 g/mol. The van der Waals surface area contributed by atoms with Gasteiger partial charge in [-0.15, -0.1) is 0 Å². The Kier molecular flexibility index (Phi) is 4.89. The van der Waals surface area contributed by atoms with E-state index < -0.39 is 9.84 Å². The van der Waals surface area contributed by atoms with E-state index in [1.165, 1.54) is 0 Å². The van der Waals surface area contributed by atoms with Crippen molar-refractivity contribution in [3.8, 4) is 0 Å². The number of nitrogens with one attached hydrogen (secondary N) is 1. The number of sulfone groups is 1. The normalized spacial score (nSPS) is 19.0. The Hall–Kier alpha value is -1.44. The van der Waals surface area contributed by atoms with Crippen molar-refractivity contribution >= 4 is 21.8 Å². The molecule has 22 heavy (non-hydrogen) atoms. The van der Waals surface area contributed by atoms with Crippen LogP contribution in [0.5, 0.6) is 0 Å². The minimum atomic E-state index is -3.22. The molecule has 0 atom stereocenters. The van der Waals surface area contributed by atoms with Crippen molar-refractivity contribution in [3.63, 3.8) is 0 Å². The van der Waals surface area contributed by atoms with Gasteiger partial charge in [-0.2, -0.15) is 4.98 Å². The fourth-order valence-electron chi connectivity index (χ4n) is 2.69. The summed E-state index contributed by atoms with van der Waals surface area (Å²) in [6.45, 7) is 4.51. The molecule has 1 aromatic heterocycles. The fraction of sp³-hybridized carbons (Fsp3) is 0.786. The van der Waals surface area contributed by atoms with Crippen LogP contribution < -0.4 is 5.32 Å². The van der Waals surface area contributed by atoms with E-state index >= 15 is 0 Å². The Morgan fingerprint density at radius 1 is 1.36 bits per heavy atom. The molecular weight excluding hydrogens is 306 g/mol. The molecule has 1 heterocycles. The third-order valence-corrected chi connectivity index (χ3v) is 4.82. The van der Waals surface area contributed by atoms with Crippen molar-refractivity contribution < 1.29 is 17.7 Å². The maximum absolute atomic E-state index is 12.0. The summed E-state index contributed by atoms with van der Waals surface area (Å²) in [5.41, 5.74) is 0.375.